The minimum Gasteiger partial charge on any atom is -0.377 e. The van der Waals surface area contributed by atoms with Gasteiger partial charge in [-0.15, -0.1) is 0 Å². The van der Waals surface area contributed by atoms with Crippen LogP contribution in [0, 0.1) is 5.92 Å². The van der Waals surface area contributed by atoms with E-state index in [1.807, 2.05) is 4.68 Å². The number of nitrogens with zero attached hydrogens (tertiary/aromatic N) is 5. The summed E-state index contributed by atoms with van der Waals surface area (Å²) in [5.74, 6) is 3.31. The summed E-state index contributed by atoms with van der Waals surface area (Å²) in [5, 5.41) is 8.87. The molecule has 0 bridgehead atoms. The van der Waals surface area contributed by atoms with E-state index in [1.54, 1.807) is 7.11 Å². The normalized spacial score (nSPS) is 17.7. The molecule has 0 radical (unpaired) electrons. The summed E-state index contributed by atoms with van der Waals surface area (Å²) in [6.45, 7) is 5.64. The standard InChI is InChI=1S/C14H22N6OS/c1-9(2)6-11-17-14(22-19-11)15-10-4-5-13-16-12(8-21-3)18-20(13)7-10/h9-10H,4-8H2,1-3H3,(H,15,17,19)/t10-/m1/s1. The van der Waals surface area contributed by atoms with Crippen molar-refractivity contribution in [3.8, 4) is 0 Å². The molecule has 2 aromatic rings. The van der Waals surface area contributed by atoms with Crippen LogP contribution in [0.15, 0.2) is 0 Å². The number of fused-ring (bicyclic) bond motifs is 1. The highest BCUT2D eigenvalue weighted by atomic mass is 32.1. The Balaban J connectivity index is 1.61. The molecule has 0 saturated carbocycles. The van der Waals surface area contributed by atoms with Gasteiger partial charge < -0.3 is 10.1 Å². The molecule has 0 amide bonds. The first-order valence-corrected chi connectivity index (χ1v) is 8.42. The number of rotatable bonds is 6. The van der Waals surface area contributed by atoms with Gasteiger partial charge in [-0.2, -0.15) is 9.47 Å². The van der Waals surface area contributed by atoms with Gasteiger partial charge in [0.1, 0.15) is 18.3 Å². The quantitative estimate of drug-likeness (QED) is 0.875. The number of hydrogen-bond acceptors (Lipinski definition) is 7. The molecule has 120 valence electrons. The van der Waals surface area contributed by atoms with E-state index in [1.165, 1.54) is 11.5 Å². The van der Waals surface area contributed by atoms with E-state index in [0.717, 1.165) is 48.4 Å². The molecule has 0 saturated heterocycles. The molecule has 3 rings (SSSR count). The van der Waals surface area contributed by atoms with Gasteiger partial charge in [0.15, 0.2) is 5.82 Å². The van der Waals surface area contributed by atoms with Crippen LogP contribution in [-0.2, 0) is 30.7 Å². The average molecular weight is 322 g/mol. The SMILES string of the molecule is COCc1nc2n(n1)C[C@H](Nc1nc(CC(C)C)ns1)CC2. The van der Waals surface area contributed by atoms with Gasteiger partial charge in [-0.3, -0.25) is 0 Å². The molecular formula is C14H22N6OS. The van der Waals surface area contributed by atoms with Crippen LogP contribution >= 0.6 is 11.5 Å². The van der Waals surface area contributed by atoms with Crippen molar-refractivity contribution in [2.75, 3.05) is 12.4 Å². The van der Waals surface area contributed by atoms with Crippen molar-refractivity contribution in [3.63, 3.8) is 0 Å². The Bertz CT molecular complexity index is 623. The molecule has 1 aliphatic rings. The molecule has 1 atom stereocenters. The van der Waals surface area contributed by atoms with Crippen molar-refractivity contribution >= 4 is 16.7 Å². The summed E-state index contributed by atoms with van der Waals surface area (Å²) in [7, 11) is 1.66. The first-order chi connectivity index (χ1) is 10.6. The highest BCUT2D eigenvalue weighted by Crippen LogP contribution is 2.20. The minimum atomic E-state index is 0.324. The second-order valence-electron chi connectivity index (χ2n) is 6.05. The van der Waals surface area contributed by atoms with Gasteiger partial charge in [0.05, 0.1) is 6.54 Å². The van der Waals surface area contributed by atoms with Crippen LogP contribution in [0.5, 0.6) is 0 Å². The van der Waals surface area contributed by atoms with Gasteiger partial charge in [-0.05, 0) is 12.3 Å². The van der Waals surface area contributed by atoms with Crippen LogP contribution in [0.4, 0.5) is 5.13 Å². The molecule has 22 heavy (non-hydrogen) atoms. The molecule has 0 unspecified atom stereocenters. The zero-order valence-corrected chi connectivity index (χ0v) is 14.1. The smallest absolute Gasteiger partial charge is 0.202 e. The first kappa shape index (κ1) is 15.4. The fourth-order valence-electron chi connectivity index (χ4n) is 2.60. The molecule has 3 heterocycles. The Labute approximate surface area is 134 Å². The summed E-state index contributed by atoms with van der Waals surface area (Å²) >= 11 is 1.44. The number of ether oxygens (including phenoxy) is 1. The van der Waals surface area contributed by atoms with Crippen LogP contribution in [0.1, 0.15) is 37.7 Å². The van der Waals surface area contributed by atoms with Crippen molar-refractivity contribution in [3.05, 3.63) is 17.5 Å². The second kappa shape index (κ2) is 6.70. The van der Waals surface area contributed by atoms with Crippen molar-refractivity contribution in [1.82, 2.24) is 24.1 Å². The monoisotopic (exact) mass is 322 g/mol. The van der Waals surface area contributed by atoms with E-state index in [2.05, 4.69) is 38.6 Å². The van der Waals surface area contributed by atoms with E-state index in [-0.39, 0.29) is 0 Å². The Morgan fingerprint density at radius 2 is 2.23 bits per heavy atom. The first-order valence-electron chi connectivity index (χ1n) is 7.64. The van der Waals surface area contributed by atoms with Crippen LogP contribution in [0.2, 0.25) is 0 Å². The van der Waals surface area contributed by atoms with Gasteiger partial charge >= 0.3 is 0 Å². The third-order valence-corrected chi connectivity index (χ3v) is 4.25. The molecule has 0 aromatic carbocycles. The predicted molar refractivity (Wildman–Crippen MR) is 84.9 cm³/mol. The molecule has 0 fully saturated rings. The lowest BCUT2D eigenvalue weighted by atomic mass is 10.1. The molecule has 0 spiro atoms. The summed E-state index contributed by atoms with van der Waals surface area (Å²) in [6, 6.07) is 0.324. The van der Waals surface area contributed by atoms with Crippen LogP contribution in [0.3, 0.4) is 0 Å². The average Bonchev–Trinajstić information content (AvgIpc) is 3.04. The van der Waals surface area contributed by atoms with E-state index in [0.29, 0.717) is 18.6 Å². The van der Waals surface area contributed by atoms with Crippen molar-refractivity contribution in [2.45, 2.75) is 52.3 Å². The Hall–Kier alpha value is -1.54. The molecule has 0 aliphatic carbocycles. The fraction of sp³-hybridized carbons (Fsp3) is 0.714. The predicted octanol–water partition coefficient (Wildman–Crippen LogP) is 1.90. The third kappa shape index (κ3) is 3.61. The van der Waals surface area contributed by atoms with E-state index in [9.17, 15) is 0 Å². The third-order valence-electron chi connectivity index (χ3n) is 3.56. The fourth-order valence-corrected chi connectivity index (χ4v) is 3.28. The summed E-state index contributed by atoms with van der Waals surface area (Å²) in [4.78, 5) is 9.06. The van der Waals surface area contributed by atoms with Gasteiger partial charge in [0.2, 0.25) is 5.13 Å². The van der Waals surface area contributed by atoms with Crippen molar-refractivity contribution < 1.29 is 4.74 Å². The second-order valence-corrected chi connectivity index (χ2v) is 6.80. The van der Waals surface area contributed by atoms with E-state index < -0.39 is 0 Å². The van der Waals surface area contributed by atoms with Crippen LogP contribution in [-0.4, -0.2) is 37.3 Å². The van der Waals surface area contributed by atoms with Gasteiger partial charge in [-0.1, -0.05) is 13.8 Å². The maximum Gasteiger partial charge on any atom is 0.202 e. The maximum absolute atomic E-state index is 5.09. The van der Waals surface area contributed by atoms with Crippen molar-refractivity contribution in [1.29, 1.82) is 0 Å². The highest BCUT2D eigenvalue weighted by Gasteiger charge is 2.22. The molecule has 8 heteroatoms. The van der Waals surface area contributed by atoms with E-state index >= 15 is 0 Å². The number of hydrogen-bond donors (Lipinski definition) is 1. The number of aryl methyl sites for hydroxylation is 1. The molecule has 2 aromatic heterocycles. The lowest BCUT2D eigenvalue weighted by molar-refractivity contribution is 0.177. The minimum absolute atomic E-state index is 0.324. The number of anilines is 1. The molecule has 1 aliphatic heterocycles. The zero-order chi connectivity index (χ0) is 15.5. The summed E-state index contributed by atoms with van der Waals surface area (Å²) in [5.41, 5.74) is 0. The Kier molecular flexibility index (Phi) is 4.68. The number of aromatic nitrogens is 5. The molecule has 1 N–H and O–H groups in total. The van der Waals surface area contributed by atoms with Gasteiger partial charge in [0.25, 0.3) is 0 Å². The summed E-state index contributed by atoms with van der Waals surface area (Å²) in [6.07, 6.45) is 2.88. The van der Waals surface area contributed by atoms with E-state index in [4.69, 9.17) is 4.74 Å². The Morgan fingerprint density at radius 1 is 1.36 bits per heavy atom. The topological polar surface area (TPSA) is 77.8 Å². The zero-order valence-electron chi connectivity index (χ0n) is 13.2. The lowest BCUT2D eigenvalue weighted by Gasteiger charge is -2.22. The van der Waals surface area contributed by atoms with Gasteiger partial charge in [-0.25, -0.2) is 14.6 Å². The Morgan fingerprint density at radius 3 is 3.00 bits per heavy atom. The van der Waals surface area contributed by atoms with Gasteiger partial charge in [0, 0.05) is 37.5 Å². The highest BCUT2D eigenvalue weighted by molar-refractivity contribution is 7.09. The lowest BCUT2D eigenvalue weighted by Crippen LogP contribution is -2.31. The largest absolute Gasteiger partial charge is 0.377 e. The maximum atomic E-state index is 5.09. The van der Waals surface area contributed by atoms with Crippen LogP contribution < -0.4 is 5.32 Å². The molecular weight excluding hydrogens is 300 g/mol. The summed E-state index contributed by atoms with van der Waals surface area (Å²) < 4.78 is 11.5. The molecule has 7 nitrogen and oxygen atoms in total. The van der Waals surface area contributed by atoms with Crippen molar-refractivity contribution in [2.24, 2.45) is 5.92 Å². The number of nitrogens with one attached hydrogen (secondary N) is 1. The number of methoxy groups -OCH3 is 1. The van der Waals surface area contributed by atoms with Crippen LogP contribution in [0.25, 0.3) is 0 Å².